The molecule has 0 aromatic heterocycles. The standard InChI is InChI=1S/C13H18N2/c1-10-3-2-4-13(5-10)15-8-11-6-14-7-12(11)9-15/h2-5,11-12,14H,6-9H2,1H3. The van der Waals surface area contributed by atoms with Crippen molar-refractivity contribution in [2.45, 2.75) is 6.92 Å². The summed E-state index contributed by atoms with van der Waals surface area (Å²) in [6.07, 6.45) is 0. The van der Waals surface area contributed by atoms with Crippen molar-refractivity contribution in [3.63, 3.8) is 0 Å². The van der Waals surface area contributed by atoms with Crippen LogP contribution in [0.2, 0.25) is 0 Å². The minimum atomic E-state index is 0.880. The molecule has 1 N–H and O–H groups in total. The third kappa shape index (κ3) is 1.63. The Morgan fingerprint density at radius 3 is 2.60 bits per heavy atom. The summed E-state index contributed by atoms with van der Waals surface area (Å²) >= 11 is 0. The molecule has 1 aromatic carbocycles. The average molecular weight is 202 g/mol. The van der Waals surface area contributed by atoms with E-state index in [4.69, 9.17) is 0 Å². The second-order valence-corrected chi connectivity index (χ2v) is 4.92. The Bertz CT molecular complexity index is 349. The topological polar surface area (TPSA) is 15.3 Å². The Balaban J connectivity index is 1.79. The Labute approximate surface area is 91.3 Å². The lowest BCUT2D eigenvalue weighted by molar-refractivity contribution is 0.533. The smallest absolute Gasteiger partial charge is 0.0369 e. The van der Waals surface area contributed by atoms with Gasteiger partial charge >= 0.3 is 0 Å². The largest absolute Gasteiger partial charge is 0.371 e. The van der Waals surface area contributed by atoms with Crippen molar-refractivity contribution in [2.24, 2.45) is 11.8 Å². The molecule has 0 aliphatic carbocycles. The van der Waals surface area contributed by atoms with Crippen molar-refractivity contribution in [1.29, 1.82) is 0 Å². The van der Waals surface area contributed by atoms with Crippen molar-refractivity contribution in [1.82, 2.24) is 5.32 Å². The molecule has 1 aromatic rings. The van der Waals surface area contributed by atoms with Crippen LogP contribution < -0.4 is 10.2 Å². The number of hydrogen-bond donors (Lipinski definition) is 1. The molecular weight excluding hydrogens is 184 g/mol. The van der Waals surface area contributed by atoms with Crippen LogP contribution in [0.1, 0.15) is 5.56 Å². The molecule has 2 aliphatic rings. The van der Waals surface area contributed by atoms with E-state index in [1.807, 2.05) is 0 Å². The van der Waals surface area contributed by atoms with Gasteiger partial charge in [0.15, 0.2) is 0 Å². The fraction of sp³-hybridized carbons (Fsp3) is 0.538. The monoisotopic (exact) mass is 202 g/mol. The van der Waals surface area contributed by atoms with Crippen molar-refractivity contribution in [3.8, 4) is 0 Å². The summed E-state index contributed by atoms with van der Waals surface area (Å²) in [5.41, 5.74) is 2.77. The Morgan fingerprint density at radius 2 is 1.93 bits per heavy atom. The van der Waals surface area contributed by atoms with Gasteiger partial charge in [0, 0.05) is 31.9 Å². The van der Waals surface area contributed by atoms with Crippen LogP contribution in [0.25, 0.3) is 0 Å². The zero-order chi connectivity index (χ0) is 10.3. The van der Waals surface area contributed by atoms with Gasteiger partial charge in [0.2, 0.25) is 0 Å². The first kappa shape index (κ1) is 9.22. The quantitative estimate of drug-likeness (QED) is 0.745. The lowest BCUT2D eigenvalue weighted by Gasteiger charge is -2.20. The summed E-state index contributed by atoms with van der Waals surface area (Å²) < 4.78 is 0. The first-order valence-corrected chi connectivity index (χ1v) is 5.85. The molecule has 15 heavy (non-hydrogen) atoms. The Morgan fingerprint density at radius 1 is 1.20 bits per heavy atom. The van der Waals surface area contributed by atoms with Crippen molar-refractivity contribution in [2.75, 3.05) is 31.1 Å². The Hall–Kier alpha value is -1.02. The summed E-state index contributed by atoms with van der Waals surface area (Å²) in [7, 11) is 0. The van der Waals surface area contributed by atoms with Crippen molar-refractivity contribution < 1.29 is 0 Å². The molecule has 2 heterocycles. The molecule has 2 nitrogen and oxygen atoms in total. The number of nitrogens with zero attached hydrogens (tertiary/aromatic N) is 1. The SMILES string of the molecule is Cc1cccc(N2CC3CNCC3C2)c1. The number of aryl methyl sites for hydroxylation is 1. The van der Waals surface area contributed by atoms with Crippen molar-refractivity contribution >= 4 is 5.69 Å². The molecule has 2 aliphatic heterocycles. The minimum absolute atomic E-state index is 0.880. The zero-order valence-electron chi connectivity index (χ0n) is 9.24. The van der Waals surface area contributed by atoms with Gasteiger partial charge in [-0.15, -0.1) is 0 Å². The molecule has 2 heteroatoms. The summed E-state index contributed by atoms with van der Waals surface area (Å²) in [6.45, 7) is 7.07. The number of benzene rings is 1. The van der Waals surface area contributed by atoms with E-state index in [1.54, 1.807) is 0 Å². The fourth-order valence-electron chi connectivity index (χ4n) is 2.89. The van der Waals surface area contributed by atoms with Crippen LogP contribution in [-0.4, -0.2) is 26.2 Å². The molecule has 2 unspecified atom stereocenters. The summed E-state index contributed by atoms with van der Waals surface area (Å²) in [4.78, 5) is 2.54. The van der Waals surface area contributed by atoms with Gasteiger partial charge in [0.05, 0.1) is 0 Å². The molecule has 0 bridgehead atoms. The predicted octanol–water partition coefficient (Wildman–Crippen LogP) is 1.65. The minimum Gasteiger partial charge on any atom is -0.371 e. The van der Waals surface area contributed by atoms with Gasteiger partial charge in [-0.3, -0.25) is 0 Å². The third-order valence-corrected chi connectivity index (χ3v) is 3.76. The van der Waals surface area contributed by atoms with Crippen molar-refractivity contribution in [3.05, 3.63) is 29.8 Å². The maximum atomic E-state index is 3.48. The fourth-order valence-corrected chi connectivity index (χ4v) is 2.89. The van der Waals surface area contributed by atoms with Crippen LogP contribution in [0, 0.1) is 18.8 Å². The number of nitrogens with one attached hydrogen (secondary N) is 1. The number of rotatable bonds is 1. The first-order chi connectivity index (χ1) is 7.33. The lowest BCUT2D eigenvalue weighted by atomic mass is 10.0. The summed E-state index contributed by atoms with van der Waals surface area (Å²) in [5, 5.41) is 3.48. The highest BCUT2D eigenvalue weighted by Gasteiger charge is 2.35. The molecular formula is C13H18N2. The van der Waals surface area contributed by atoms with Gasteiger partial charge in [-0.1, -0.05) is 12.1 Å². The van der Waals surface area contributed by atoms with Crippen LogP contribution in [-0.2, 0) is 0 Å². The van der Waals surface area contributed by atoms with Crippen LogP contribution in [0.15, 0.2) is 24.3 Å². The van der Waals surface area contributed by atoms with Gasteiger partial charge in [-0.05, 0) is 36.5 Å². The predicted molar refractivity (Wildman–Crippen MR) is 63.2 cm³/mol. The lowest BCUT2D eigenvalue weighted by Crippen LogP contribution is -2.25. The third-order valence-electron chi connectivity index (χ3n) is 3.76. The average Bonchev–Trinajstić information content (AvgIpc) is 2.76. The maximum absolute atomic E-state index is 3.48. The van der Waals surface area contributed by atoms with Gasteiger partial charge in [-0.25, -0.2) is 0 Å². The molecule has 2 atom stereocenters. The first-order valence-electron chi connectivity index (χ1n) is 5.85. The highest BCUT2D eigenvalue weighted by Crippen LogP contribution is 2.30. The van der Waals surface area contributed by atoms with E-state index in [-0.39, 0.29) is 0 Å². The van der Waals surface area contributed by atoms with E-state index < -0.39 is 0 Å². The number of anilines is 1. The second-order valence-electron chi connectivity index (χ2n) is 4.92. The van der Waals surface area contributed by atoms with E-state index in [2.05, 4.69) is 41.4 Å². The van der Waals surface area contributed by atoms with Crippen LogP contribution >= 0.6 is 0 Å². The van der Waals surface area contributed by atoms with Gasteiger partial charge < -0.3 is 10.2 Å². The molecule has 0 saturated carbocycles. The van der Waals surface area contributed by atoms with E-state index >= 15 is 0 Å². The van der Waals surface area contributed by atoms with Gasteiger partial charge in [-0.2, -0.15) is 0 Å². The molecule has 2 saturated heterocycles. The molecule has 0 amide bonds. The van der Waals surface area contributed by atoms with Crippen LogP contribution in [0.5, 0.6) is 0 Å². The van der Waals surface area contributed by atoms with E-state index in [0.717, 1.165) is 11.8 Å². The summed E-state index contributed by atoms with van der Waals surface area (Å²) in [5.74, 6) is 1.76. The zero-order valence-corrected chi connectivity index (χ0v) is 9.24. The molecule has 3 rings (SSSR count). The Kier molecular flexibility index (Phi) is 2.17. The summed E-state index contributed by atoms with van der Waals surface area (Å²) in [6, 6.07) is 8.87. The molecule has 0 radical (unpaired) electrons. The number of hydrogen-bond acceptors (Lipinski definition) is 2. The highest BCUT2D eigenvalue weighted by molar-refractivity contribution is 5.49. The van der Waals surface area contributed by atoms with E-state index in [9.17, 15) is 0 Å². The van der Waals surface area contributed by atoms with Crippen LogP contribution in [0.3, 0.4) is 0 Å². The molecule has 0 spiro atoms. The van der Waals surface area contributed by atoms with E-state index in [1.165, 1.54) is 37.4 Å². The number of fused-ring (bicyclic) bond motifs is 1. The van der Waals surface area contributed by atoms with Gasteiger partial charge in [0.25, 0.3) is 0 Å². The molecule has 80 valence electrons. The normalized spacial score (nSPS) is 29.5. The van der Waals surface area contributed by atoms with E-state index in [0.29, 0.717) is 0 Å². The van der Waals surface area contributed by atoms with Gasteiger partial charge in [0.1, 0.15) is 0 Å². The highest BCUT2D eigenvalue weighted by atomic mass is 15.2. The second kappa shape index (κ2) is 3.53. The maximum Gasteiger partial charge on any atom is 0.0369 e. The molecule has 2 fully saturated rings. The van der Waals surface area contributed by atoms with Crippen LogP contribution in [0.4, 0.5) is 5.69 Å².